The third-order valence-electron chi connectivity index (χ3n) is 4.49. The van der Waals surface area contributed by atoms with E-state index in [2.05, 4.69) is 15.3 Å². The first kappa shape index (κ1) is 18.3. The van der Waals surface area contributed by atoms with Crippen LogP contribution >= 0.6 is 11.8 Å². The van der Waals surface area contributed by atoms with Crippen molar-refractivity contribution < 1.29 is 22.7 Å². The zero-order valence-electron chi connectivity index (χ0n) is 14.2. The first-order chi connectivity index (χ1) is 12.9. The maximum Gasteiger partial charge on any atom is 0.453 e. The lowest BCUT2D eigenvalue weighted by Gasteiger charge is -2.36. The van der Waals surface area contributed by atoms with Gasteiger partial charge in [0, 0.05) is 31.1 Å². The maximum atomic E-state index is 13.1. The summed E-state index contributed by atoms with van der Waals surface area (Å²) in [6.45, 7) is 2.34. The zero-order valence-corrected chi connectivity index (χ0v) is 15.0. The second-order valence-corrected chi connectivity index (χ2v) is 7.45. The standard InChI is InChI=1S/C15H17F3N6O2S/c16-15(17,18)14-20-19-11-1-2-12(21-24(11)14)23-3-6-26-10(9-23)13(25)22-4-7-27-8-5-22/h1-2,10H,3-9H2. The van der Waals surface area contributed by atoms with Crippen molar-refractivity contribution in [1.29, 1.82) is 0 Å². The molecular weight excluding hydrogens is 385 g/mol. The topological polar surface area (TPSA) is 75.9 Å². The number of hydrogen-bond donors (Lipinski definition) is 0. The Morgan fingerprint density at radius 2 is 1.96 bits per heavy atom. The van der Waals surface area contributed by atoms with Gasteiger partial charge in [0.2, 0.25) is 0 Å². The number of nitrogens with zero attached hydrogens (tertiary/aromatic N) is 6. The largest absolute Gasteiger partial charge is 0.453 e. The Bertz CT molecular complexity index is 839. The van der Waals surface area contributed by atoms with Gasteiger partial charge in [-0.15, -0.1) is 15.3 Å². The van der Waals surface area contributed by atoms with E-state index in [1.54, 1.807) is 27.6 Å². The summed E-state index contributed by atoms with van der Waals surface area (Å²) in [6, 6.07) is 3.01. The number of ether oxygens (including phenoxy) is 1. The number of carbonyl (C=O) groups is 1. The summed E-state index contributed by atoms with van der Waals surface area (Å²) in [6.07, 6.45) is -5.30. The Hall–Kier alpha value is -2.08. The fourth-order valence-corrected chi connectivity index (χ4v) is 4.02. The van der Waals surface area contributed by atoms with Crippen LogP contribution in [-0.2, 0) is 15.7 Å². The van der Waals surface area contributed by atoms with Gasteiger partial charge in [0.25, 0.3) is 11.7 Å². The van der Waals surface area contributed by atoms with E-state index < -0.39 is 18.1 Å². The molecule has 4 heterocycles. The summed E-state index contributed by atoms with van der Waals surface area (Å²) in [7, 11) is 0. The van der Waals surface area contributed by atoms with Crippen LogP contribution in [0.4, 0.5) is 19.0 Å². The molecule has 0 saturated carbocycles. The smallest absolute Gasteiger partial charge is 0.365 e. The third kappa shape index (κ3) is 3.68. The Morgan fingerprint density at radius 3 is 2.70 bits per heavy atom. The predicted molar refractivity (Wildman–Crippen MR) is 91.6 cm³/mol. The van der Waals surface area contributed by atoms with Crippen LogP contribution in [0.3, 0.4) is 0 Å². The van der Waals surface area contributed by atoms with Crippen molar-refractivity contribution in [3.05, 3.63) is 18.0 Å². The molecule has 1 atom stereocenters. The zero-order chi connectivity index (χ0) is 19.0. The van der Waals surface area contributed by atoms with Crippen molar-refractivity contribution in [2.45, 2.75) is 12.3 Å². The molecular formula is C15H17F3N6O2S. The van der Waals surface area contributed by atoms with Crippen LogP contribution in [-0.4, -0.2) is 81.0 Å². The number of carbonyl (C=O) groups excluding carboxylic acids is 1. The van der Waals surface area contributed by atoms with Gasteiger partial charge in [0.1, 0.15) is 5.82 Å². The van der Waals surface area contributed by atoms with Crippen LogP contribution in [0.5, 0.6) is 0 Å². The van der Waals surface area contributed by atoms with Crippen molar-refractivity contribution in [3.8, 4) is 0 Å². The van der Waals surface area contributed by atoms with Crippen LogP contribution in [0.2, 0.25) is 0 Å². The number of fused-ring (bicyclic) bond motifs is 1. The summed E-state index contributed by atoms with van der Waals surface area (Å²) < 4.78 is 45.5. The predicted octanol–water partition coefficient (Wildman–Crippen LogP) is 0.924. The van der Waals surface area contributed by atoms with Crippen LogP contribution in [0.15, 0.2) is 12.1 Å². The van der Waals surface area contributed by atoms with E-state index in [1.165, 1.54) is 6.07 Å². The van der Waals surface area contributed by atoms with E-state index in [4.69, 9.17) is 4.74 Å². The average molecular weight is 402 g/mol. The molecule has 0 spiro atoms. The van der Waals surface area contributed by atoms with Gasteiger partial charge in [-0.25, -0.2) is 0 Å². The number of anilines is 1. The number of amides is 1. The number of aromatic nitrogens is 4. The van der Waals surface area contributed by atoms with Crippen molar-refractivity contribution in [1.82, 2.24) is 24.7 Å². The quantitative estimate of drug-likeness (QED) is 0.740. The van der Waals surface area contributed by atoms with Gasteiger partial charge in [-0.2, -0.15) is 29.4 Å². The molecule has 0 aliphatic carbocycles. The highest BCUT2D eigenvalue weighted by Crippen LogP contribution is 2.28. The molecule has 0 radical (unpaired) electrons. The molecule has 2 fully saturated rings. The van der Waals surface area contributed by atoms with E-state index in [1.807, 2.05) is 0 Å². The molecule has 2 aliphatic heterocycles. The number of morpholine rings is 1. The lowest BCUT2D eigenvalue weighted by atomic mass is 10.2. The molecule has 1 unspecified atom stereocenters. The highest BCUT2D eigenvalue weighted by atomic mass is 32.2. The van der Waals surface area contributed by atoms with Gasteiger partial charge in [0.15, 0.2) is 11.8 Å². The van der Waals surface area contributed by atoms with E-state index in [9.17, 15) is 18.0 Å². The third-order valence-corrected chi connectivity index (χ3v) is 5.43. The Labute approximate surface area is 156 Å². The maximum absolute atomic E-state index is 13.1. The van der Waals surface area contributed by atoms with Gasteiger partial charge in [-0.1, -0.05) is 0 Å². The fraction of sp³-hybridized carbons (Fsp3) is 0.600. The monoisotopic (exact) mass is 402 g/mol. The van der Waals surface area contributed by atoms with Crippen molar-refractivity contribution in [3.63, 3.8) is 0 Å². The van der Waals surface area contributed by atoms with Crippen molar-refractivity contribution in [2.75, 3.05) is 49.2 Å². The molecule has 0 N–H and O–H groups in total. The number of hydrogen-bond acceptors (Lipinski definition) is 7. The molecule has 0 aromatic carbocycles. The second kappa shape index (κ2) is 7.15. The average Bonchev–Trinajstić information content (AvgIpc) is 3.12. The highest BCUT2D eigenvalue weighted by Gasteiger charge is 2.38. The van der Waals surface area contributed by atoms with Crippen LogP contribution in [0.25, 0.3) is 5.65 Å². The van der Waals surface area contributed by atoms with E-state index in [0.29, 0.717) is 36.6 Å². The summed E-state index contributed by atoms with van der Waals surface area (Å²) >= 11 is 1.80. The molecule has 2 aromatic rings. The van der Waals surface area contributed by atoms with E-state index in [-0.39, 0.29) is 18.1 Å². The molecule has 0 bridgehead atoms. The SMILES string of the molecule is O=C(C1CN(c2ccc3nnc(C(F)(F)F)n3n2)CCO1)N1CCSCC1. The van der Waals surface area contributed by atoms with Gasteiger partial charge >= 0.3 is 6.18 Å². The molecule has 8 nitrogen and oxygen atoms in total. The first-order valence-corrected chi connectivity index (χ1v) is 9.62. The normalized spacial score (nSPS) is 21.7. The van der Waals surface area contributed by atoms with Crippen LogP contribution in [0, 0.1) is 0 Å². The van der Waals surface area contributed by atoms with Gasteiger partial charge < -0.3 is 14.5 Å². The Morgan fingerprint density at radius 1 is 1.19 bits per heavy atom. The summed E-state index contributed by atoms with van der Waals surface area (Å²) in [5, 5.41) is 10.7. The number of rotatable bonds is 2. The van der Waals surface area contributed by atoms with E-state index >= 15 is 0 Å². The molecule has 2 saturated heterocycles. The lowest BCUT2D eigenvalue weighted by molar-refractivity contribution is -0.146. The summed E-state index contributed by atoms with van der Waals surface area (Å²) in [5.41, 5.74) is 0.0118. The molecule has 4 rings (SSSR count). The van der Waals surface area contributed by atoms with Gasteiger partial charge in [-0.3, -0.25) is 4.79 Å². The number of halogens is 3. The van der Waals surface area contributed by atoms with Gasteiger partial charge in [-0.05, 0) is 12.1 Å². The Balaban J connectivity index is 1.55. The molecule has 146 valence electrons. The number of alkyl halides is 3. The molecule has 12 heteroatoms. The second-order valence-electron chi connectivity index (χ2n) is 6.23. The summed E-state index contributed by atoms with van der Waals surface area (Å²) in [5.74, 6) is 0.859. The summed E-state index contributed by atoms with van der Waals surface area (Å²) in [4.78, 5) is 16.2. The molecule has 1 amide bonds. The minimum absolute atomic E-state index is 0.0118. The molecule has 27 heavy (non-hydrogen) atoms. The minimum atomic E-state index is -4.65. The minimum Gasteiger partial charge on any atom is -0.365 e. The van der Waals surface area contributed by atoms with Crippen LogP contribution in [0.1, 0.15) is 5.82 Å². The molecule has 2 aromatic heterocycles. The van der Waals surface area contributed by atoms with Gasteiger partial charge in [0.05, 0.1) is 13.2 Å². The highest BCUT2D eigenvalue weighted by molar-refractivity contribution is 7.99. The van der Waals surface area contributed by atoms with E-state index in [0.717, 1.165) is 11.5 Å². The first-order valence-electron chi connectivity index (χ1n) is 8.46. The van der Waals surface area contributed by atoms with Crippen molar-refractivity contribution >= 4 is 29.1 Å². The fourth-order valence-electron chi connectivity index (χ4n) is 3.12. The van der Waals surface area contributed by atoms with Crippen LogP contribution < -0.4 is 4.90 Å². The Kier molecular flexibility index (Phi) is 4.84. The molecule has 2 aliphatic rings. The number of thioether (sulfide) groups is 1. The van der Waals surface area contributed by atoms with Crippen molar-refractivity contribution in [2.24, 2.45) is 0 Å². The lowest BCUT2D eigenvalue weighted by Crippen LogP contribution is -2.53.